The molecule has 7 heteroatoms. The SMILES string of the molecule is C/C(=N/Nc1ccc(C(=O)[O-])cc1)c1ccc(OCC(=O)N2CCCC2)cc1. The molecule has 1 N–H and O–H groups in total. The summed E-state index contributed by atoms with van der Waals surface area (Å²) in [5.41, 5.74) is 5.33. The molecule has 28 heavy (non-hydrogen) atoms. The Bertz CT molecular complexity index is 854. The largest absolute Gasteiger partial charge is 0.545 e. The summed E-state index contributed by atoms with van der Waals surface area (Å²) in [5, 5.41) is 15.0. The van der Waals surface area contributed by atoms with Gasteiger partial charge in [0.25, 0.3) is 5.91 Å². The van der Waals surface area contributed by atoms with Crippen LogP contribution in [-0.2, 0) is 4.79 Å². The number of carbonyl (C=O) groups is 2. The molecule has 1 amide bonds. The molecule has 146 valence electrons. The number of nitrogens with one attached hydrogen (secondary N) is 1. The Morgan fingerprint density at radius 1 is 1.04 bits per heavy atom. The number of anilines is 1. The number of hydrogen-bond donors (Lipinski definition) is 1. The van der Waals surface area contributed by atoms with Crippen molar-refractivity contribution in [1.29, 1.82) is 0 Å². The first-order valence-corrected chi connectivity index (χ1v) is 9.15. The van der Waals surface area contributed by atoms with E-state index in [1.54, 1.807) is 24.3 Å². The minimum Gasteiger partial charge on any atom is -0.545 e. The first-order valence-electron chi connectivity index (χ1n) is 9.15. The van der Waals surface area contributed by atoms with Gasteiger partial charge in [0, 0.05) is 13.1 Å². The van der Waals surface area contributed by atoms with Crippen molar-refractivity contribution in [2.24, 2.45) is 5.10 Å². The number of carboxylic acid groups (broad SMARTS) is 1. The number of nitrogens with zero attached hydrogens (tertiary/aromatic N) is 2. The van der Waals surface area contributed by atoms with Crippen LogP contribution in [0.3, 0.4) is 0 Å². The average molecular weight is 380 g/mol. The van der Waals surface area contributed by atoms with Gasteiger partial charge in [0.1, 0.15) is 5.75 Å². The zero-order valence-electron chi connectivity index (χ0n) is 15.7. The molecule has 0 aliphatic carbocycles. The highest BCUT2D eigenvalue weighted by Crippen LogP contribution is 2.15. The Hall–Kier alpha value is -3.35. The highest BCUT2D eigenvalue weighted by molar-refractivity contribution is 5.99. The number of amides is 1. The zero-order chi connectivity index (χ0) is 19.9. The maximum atomic E-state index is 12.0. The molecule has 1 fully saturated rings. The van der Waals surface area contributed by atoms with Crippen molar-refractivity contribution >= 4 is 23.3 Å². The Morgan fingerprint density at radius 2 is 1.64 bits per heavy atom. The van der Waals surface area contributed by atoms with Gasteiger partial charge in [0.2, 0.25) is 0 Å². The molecule has 0 atom stereocenters. The number of hydrazone groups is 1. The first-order chi connectivity index (χ1) is 13.5. The molecule has 3 rings (SSSR count). The predicted molar refractivity (Wildman–Crippen MR) is 104 cm³/mol. The summed E-state index contributed by atoms with van der Waals surface area (Å²) in [6.07, 6.45) is 2.13. The van der Waals surface area contributed by atoms with Crippen molar-refractivity contribution in [3.8, 4) is 5.75 Å². The van der Waals surface area contributed by atoms with Crippen LogP contribution >= 0.6 is 0 Å². The fraction of sp³-hybridized carbons (Fsp3) is 0.286. The van der Waals surface area contributed by atoms with E-state index >= 15 is 0 Å². The lowest BCUT2D eigenvalue weighted by atomic mass is 10.1. The van der Waals surface area contributed by atoms with Crippen molar-refractivity contribution < 1.29 is 19.4 Å². The normalized spacial score (nSPS) is 14.0. The van der Waals surface area contributed by atoms with Crippen LogP contribution in [0.4, 0.5) is 5.69 Å². The minimum absolute atomic E-state index is 0.0215. The zero-order valence-corrected chi connectivity index (χ0v) is 15.7. The standard InChI is InChI=1S/C21H23N3O4/c1-15(22-23-18-8-4-17(5-9-18)21(26)27)16-6-10-19(11-7-16)28-14-20(25)24-12-2-3-13-24/h4-11,23H,2-3,12-14H2,1H3,(H,26,27)/p-1/b22-15-. The van der Waals surface area contributed by atoms with Gasteiger partial charge in [-0.15, -0.1) is 0 Å². The van der Waals surface area contributed by atoms with Crippen molar-refractivity contribution in [2.75, 3.05) is 25.1 Å². The summed E-state index contributed by atoms with van der Waals surface area (Å²) in [6, 6.07) is 13.5. The van der Waals surface area contributed by atoms with Gasteiger partial charge in [0.05, 0.1) is 17.4 Å². The molecule has 7 nitrogen and oxygen atoms in total. The van der Waals surface area contributed by atoms with E-state index < -0.39 is 5.97 Å². The lowest BCUT2D eigenvalue weighted by molar-refractivity contribution is -0.255. The number of carbonyl (C=O) groups excluding carboxylic acids is 2. The molecule has 0 saturated carbocycles. The van der Waals surface area contributed by atoms with Crippen LogP contribution in [0.15, 0.2) is 53.6 Å². The predicted octanol–water partition coefficient (Wildman–Crippen LogP) is 1.89. The quantitative estimate of drug-likeness (QED) is 0.585. The van der Waals surface area contributed by atoms with Crippen LogP contribution < -0.4 is 15.3 Å². The summed E-state index contributed by atoms with van der Waals surface area (Å²) in [6.45, 7) is 3.55. The second kappa shape index (κ2) is 9.03. The van der Waals surface area contributed by atoms with Gasteiger partial charge < -0.3 is 19.5 Å². The van der Waals surface area contributed by atoms with E-state index in [2.05, 4.69) is 10.5 Å². The van der Waals surface area contributed by atoms with Crippen molar-refractivity contribution in [1.82, 2.24) is 4.90 Å². The van der Waals surface area contributed by atoms with E-state index in [0.717, 1.165) is 37.2 Å². The van der Waals surface area contributed by atoms with Crippen LogP contribution in [0.1, 0.15) is 35.7 Å². The lowest BCUT2D eigenvalue weighted by Gasteiger charge is -2.15. The third-order valence-electron chi connectivity index (χ3n) is 4.57. The molecule has 0 bridgehead atoms. The van der Waals surface area contributed by atoms with Crippen LogP contribution in [0.25, 0.3) is 0 Å². The molecule has 0 radical (unpaired) electrons. The van der Waals surface area contributed by atoms with Crippen LogP contribution in [0, 0.1) is 0 Å². The number of carboxylic acids is 1. The Morgan fingerprint density at radius 3 is 2.25 bits per heavy atom. The average Bonchev–Trinajstić information content (AvgIpc) is 3.26. The monoisotopic (exact) mass is 380 g/mol. The molecular weight excluding hydrogens is 358 g/mol. The molecule has 1 aliphatic heterocycles. The van der Waals surface area contributed by atoms with E-state index in [1.165, 1.54) is 12.1 Å². The van der Waals surface area contributed by atoms with Gasteiger partial charge in [-0.1, -0.05) is 12.1 Å². The number of rotatable bonds is 7. The van der Waals surface area contributed by atoms with Gasteiger partial charge in [-0.3, -0.25) is 10.2 Å². The third kappa shape index (κ3) is 5.09. The molecule has 0 aromatic heterocycles. The van der Waals surface area contributed by atoms with Gasteiger partial charge in [-0.2, -0.15) is 5.10 Å². The molecule has 1 saturated heterocycles. The molecule has 2 aromatic carbocycles. The smallest absolute Gasteiger partial charge is 0.260 e. The fourth-order valence-corrected chi connectivity index (χ4v) is 2.89. The summed E-state index contributed by atoms with van der Waals surface area (Å²) < 4.78 is 5.57. The van der Waals surface area contributed by atoms with Crippen molar-refractivity contribution in [2.45, 2.75) is 19.8 Å². The van der Waals surface area contributed by atoms with E-state index in [1.807, 2.05) is 24.0 Å². The third-order valence-corrected chi connectivity index (χ3v) is 4.57. The van der Waals surface area contributed by atoms with Gasteiger partial charge in [0.15, 0.2) is 6.61 Å². The molecule has 2 aromatic rings. The fourth-order valence-electron chi connectivity index (χ4n) is 2.89. The van der Waals surface area contributed by atoms with Crippen LogP contribution in [0.5, 0.6) is 5.75 Å². The van der Waals surface area contributed by atoms with E-state index in [-0.39, 0.29) is 18.1 Å². The summed E-state index contributed by atoms with van der Waals surface area (Å²) >= 11 is 0. The molecule has 0 unspecified atom stereocenters. The first kappa shape index (κ1) is 19.4. The molecule has 1 heterocycles. The molecular formula is C21H22N3O4-. The lowest BCUT2D eigenvalue weighted by Crippen LogP contribution is -2.32. The summed E-state index contributed by atoms with van der Waals surface area (Å²) in [5.74, 6) is -0.557. The topological polar surface area (TPSA) is 94.1 Å². The van der Waals surface area contributed by atoms with Crippen LogP contribution in [-0.4, -0.2) is 42.2 Å². The maximum absolute atomic E-state index is 12.0. The van der Waals surface area contributed by atoms with Gasteiger partial charge in [-0.25, -0.2) is 0 Å². The number of benzene rings is 2. The number of aromatic carboxylic acids is 1. The Balaban J connectivity index is 1.53. The Kier molecular flexibility index (Phi) is 6.26. The molecule has 1 aliphatic rings. The second-order valence-electron chi connectivity index (χ2n) is 6.57. The van der Waals surface area contributed by atoms with Crippen molar-refractivity contribution in [3.63, 3.8) is 0 Å². The number of ether oxygens (including phenoxy) is 1. The second-order valence-corrected chi connectivity index (χ2v) is 6.57. The van der Waals surface area contributed by atoms with Crippen molar-refractivity contribution in [3.05, 3.63) is 59.7 Å². The minimum atomic E-state index is -1.21. The van der Waals surface area contributed by atoms with E-state index in [9.17, 15) is 14.7 Å². The Labute approximate surface area is 163 Å². The highest BCUT2D eigenvalue weighted by Gasteiger charge is 2.18. The van der Waals surface area contributed by atoms with E-state index in [0.29, 0.717) is 11.4 Å². The summed E-state index contributed by atoms with van der Waals surface area (Å²) in [7, 11) is 0. The van der Waals surface area contributed by atoms with E-state index in [4.69, 9.17) is 4.74 Å². The van der Waals surface area contributed by atoms with Crippen LogP contribution in [0.2, 0.25) is 0 Å². The van der Waals surface area contributed by atoms with Gasteiger partial charge in [-0.05, 0) is 67.3 Å². The molecule has 0 spiro atoms. The number of hydrogen-bond acceptors (Lipinski definition) is 6. The van der Waals surface area contributed by atoms with Gasteiger partial charge >= 0.3 is 0 Å². The highest BCUT2D eigenvalue weighted by atomic mass is 16.5. The number of likely N-dealkylation sites (tertiary alicyclic amines) is 1. The summed E-state index contributed by atoms with van der Waals surface area (Å²) in [4.78, 5) is 24.6. The maximum Gasteiger partial charge on any atom is 0.260 e.